The molecule has 0 aromatic carbocycles. The first-order valence-electron chi connectivity index (χ1n) is 4.86. The van der Waals surface area contributed by atoms with Gasteiger partial charge in [-0.05, 0) is 26.3 Å². The molecule has 5 heteroatoms. The Hall–Kier alpha value is -0.290. The van der Waals surface area contributed by atoms with E-state index in [1.165, 1.54) is 0 Å². The molecule has 1 unspecified atom stereocenters. The van der Waals surface area contributed by atoms with Crippen LogP contribution in [0, 0.1) is 5.92 Å². The summed E-state index contributed by atoms with van der Waals surface area (Å²) in [6.07, 6.45) is -3.85. The van der Waals surface area contributed by atoms with Crippen LogP contribution in [0.1, 0.15) is 19.8 Å². The zero-order chi connectivity index (χ0) is 10.8. The van der Waals surface area contributed by atoms with Crippen LogP contribution in [0.3, 0.4) is 0 Å². The molecule has 1 N–H and O–H groups in total. The SMILES string of the molecule is C[C@H](O)CN1CCCC(C(F)(F)F)C1. The van der Waals surface area contributed by atoms with Crippen molar-refractivity contribution in [2.75, 3.05) is 19.6 Å². The number of β-amino-alcohol motifs (C(OH)–C–C–N with tert-alkyl or cyclic N) is 1. The van der Waals surface area contributed by atoms with Gasteiger partial charge in [0.15, 0.2) is 0 Å². The van der Waals surface area contributed by atoms with Gasteiger partial charge in [-0.15, -0.1) is 0 Å². The van der Waals surface area contributed by atoms with Crippen molar-refractivity contribution in [3.63, 3.8) is 0 Å². The summed E-state index contributed by atoms with van der Waals surface area (Å²) in [5.41, 5.74) is 0. The number of hydrogen-bond acceptors (Lipinski definition) is 2. The molecule has 2 atom stereocenters. The maximum Gasteiger partial charge on any atom is 0.393 e. The molecule has 1 aliphatic rings. The second kappa shape index (κ2) is 4.49. The Balaban J connectivity index is 2.44. The summed E-state index contributed by atoms with van der Waals surface area (Å²) < 4.78 is 37.1. The molecule has 1 heterocycles. The van der Waals surface area contributed by atoms with Gasteiger partial charge in [0.25, 0.3) is 0 Å². The number of nitrogens with zero attached hydrogens (tertiary/aromatic N) is 1. The van der Waals surface area contributed by atoms with Gasteiger partial charge in [-0.3, -0.25) is 0 Å². The molecule has 0 amide bonds. The maximum atomic E-state index is 12.4. The Morgan fingerprint density at radius 3 is 2.64 bits per heavy atom. The number of piperidine rings is 1. The third-order valence-corrected chi connectivity index (χ3v) is 2.49. The van der Waals surface area contributed by atoms with E-state index in [0.29, 0.717) is 19.5 Å². The zero-order valence-corrected chi connectivity index (χ0v) is 8.22. The van der Waals surface area contributed by atoms with Crippen molar-refractivity contribution in [1.29, 1.82) is 0 Å². The van der Waals surface area contributed by atoms with Crippen LogP contribution in [-0.2, 0) is 0 Å². The Bertz CT molecular complexity index is 181. The van der Waals surface area contributed by atoms with Crippen LogP contribution in [0.2, 0.25) is 0 Å². The molecule has 0 saturated carbocycles. The summed E-state index contributed by atoms with van der Waals surface area (Å²) in [5, 5.41) is 9.07. The fraction of sp³-hybridized carbons (Fsp3) is 1.00. The summed E-state index contributed by atoms with van der Waals surface area (Å²) >= 11 is 0. The Morgan fingerprint density at radius 1 is 1.50 bits per heavy atom. The lowest BCUT2D eigenvalue weighted by Gasteiger charge is -2.34. The molecule has 1 saturated heterocycles. The van der Waals surface area contributed by atoms with Crippen LogP contribution in [0.5, 0.6) is 0 Å². The predicted molar refractivity (Wildman–Crippen MR) is 46.9 cm³/mol. The molecule has 2 nitrogen and oxygen atoms in total. The third-order valence-electron chi connectivity index (χ3n) is 2.49. The maximum absolute atomic E-state index is 12.4. The van der Waals surface area contributed by atoms with Crippen LogP contribution in [0.25, 0.3) is 0 Å². The number of alkyl halides is 3. The van der Waals surface area contributed by atoms with Crippen molar-refractivity contribution in [3.8, 4) is 0 Å². The van der Waals surface area contributed by atoms with Crippen molar-refractivity contribution >= 4 is 0 Å². The molecule has 0 radical (unpaired) electrons. The van der Waals surface area contributed by atoms with E-state index < -0.39 is 18.2 Å². The fourth-order valence-corrected chi connectivity index (χ4v) is 1.86. The quantitative estimate of drug-likeness (QED) is 0.750. The average molecular weight is 211 g/mol. The Labute approximate surface area is 81.7 Å². The van der Waals surface area contributed by atoms with E-state index in [9.17, 15) is 13.2 Å². The monoisotopic (exact) mass is 211 g/mol. The minimum atomic E-state index is -4.09. The number of rotatable bonds is 2. The van der Waals surface area contributed by atoms with Gasteiger partial charge in [-0.2, -0.15) is 13.2 Å². The summed E-state index contributed by atoms with van der Waals surface area (Å²) in [6.45, 7) is 2.63. The minimum Gasteiger partial charge on any atom is -0.392 e. The predicted octanol–water partition coefficient (Wildman–Crippen LogP) is 1.64. The van der Waals surface area contributed by atoms with Crippen LogP contribution in [-0.4, -0.2) is 41.9 Å². The number of likely N-dealkylation sites (tertiary alicyclic amines) is 1. The molecule has 1 rings (SSSR count). The molecule has 14 heavy (non-hydrogen) atoms. The second-order valence-corrected chi connectivity index (χ2v) is 3.99. The van der Waals surface area contributed by atoms with Gasteiger partial charge < -0.3 is 10.0 Å². The molecular weight excluding hydrogens is 195 g/mol. The molecule has 84 valence electrons. The lowest BCUT2D eigenvalue weighted by Crippen LogP contribution is -2.44. The molecule has 1 fully saturated rings. The van der Waals surface area contributed by atoms with Gasteiger partial charge in [-0.1, -0.05) is 0 Å². The van der Waals surface area contributed by atoms with Crippen molar-refractivity contribution in [1.82, 2.24) is 4.90 Å². The van der Waals surface area contributed by atoms with E-state index in [0.717, 1.165) is 0 Å². The number of aliphatic hydroxyl groups is 1. The van der Waals surface area contributed by atoms with Gasteiger partial charge >= 0.3 is 6.18 Å². The van der Waals surface area contributed by atoms with E-state index in [-0.39, 0.29) is 13.0 Å². The van der Waals surface area contributed by atoms with Crippen molar-refractivity contribution in [2.24, 2.45) is 5.92 Å². The van der Waals surface area contributed by atoms with Gasteiger partial charge in [0.1, 0.15) is 0 Å². The van der Waals surface area contributed by atoms with E-state index in [2.05, 4.69) is 0 Å². The highest BCUT2D eigenvalue weighted by Gasteiger charge is 2.41. The van der Waals surface area contributed by atoms with Gasteiger partial charge in [-0.25, -0.2) is 0 Å². The Kier molecular flexibility index (Phi) is 3.78. The first kappa shape index (κ1) is 11.8. The standard InChI is InChI=1S/C9H16F3NO/c1-7(14)5-13-4-2-3-8(6-13)9(10,11)12/h7-8,14H,2-6H2,1H3/t7-,8?/m0/s1. The van der Waals surface area contributed by atoms with E-state index >= 15 is 0 Å². The van der Waals surface area contributed by atoms with Gasteiger partial charge in [0.05, 0.1) is 12.0 Å². The average Bonchev–Trinajstić information content (AvgIpc) is 2.01. The second-order valence-electron chi connectivity index (χ2n) is 3.99. The molecule has 0 aromatic rings. The molecule has 1 aliphatic heterocycles. The number of halogens is 3. The summed E-state index contributed by atoms with van der Waals surface area (Å²) in [4.78, 5) is 1.69. The highest BCUT2D eigenvalue weighted by molar-refractivity contribution is 4.78. The highest BCUT2D eigenvalue weighted by atomic mass is 19.4. The van der Waals surface area contributed by atoms with Crippen molar-refractivity contribution in [2.45, 2.75) is 32.0 Å². The van der Waals surface area contributed by atoms with Crippen molar-refractivity contribution in [3.05, 3.63) is 0 Å². The van der Waals surface area contributed by atoms with E-state index in [4.69, 9.17) is 5.11 Å². The van der Waals surface area contributed by atoms with E-state index in [1.807, 2.05) is 0 Å². The normalized spacial score (nSPS) is 27.6. The lowest BCUT2D eigenvalue weighted by atomic mass is 9.97. The zero-order valence-electron chi connectivity index (χ0n) is 8.22. The molecule has 0 aliphatic carbocycles. The molecule has 0 bridgehead atoms. The molecular formula is C9H16F3NO. The fourth-order valence-electron chi connectivity index (χ4n) is 1.86. The van der Waals surface area contributed by atoms with Crippen LogP contribution in [0.15, 0.2) is 0 Å². The van der Waals surface area contributed by atoms with Crippen LogP contribution in [0.4, 0.5) is 13.2 Å². The summed E-state index contributed by atoms with van der Waals surface area (Å²) in [6, 6.07) is 0. The third kappa shape index (κ3) is 3.46. The summed E-state index contributed by atoms with van der Waals surface area (Å²) in [7, 11) is 0. The molecule has 0 spiro atoms. The minimum absolute atomic E-state index is 0.0361. The number of aliphatic hydroxyl groups excluding tert-OH is 1. The highest BCUT2D eigenvalue weighted by Crippen LogP contribution is 2.32. The first-order chi connectivity index (χ1) is 6.39. The largest absolute Gasteiger partial charge is 0.393 e. The number of hydrogen-bond donors (Lipinski definition) is 1. The summed E-state index contributed by atoms with van der Waals surface area (Å²) in [5.74, 6) is -1.21. The topological polar surface area (TPSA) is 23.5 Å². The smallest absolute Gasteiger partial charge is 0.392 e. The van der Waals surface area contributed by atoms with Gasteiger partial charge in [0, 0.05) is 13.1 Å². The lowest BCUT2D eigenvalue weighted by molar-refractivity contribution is -0.187. The first-order valence-corrected chi connectivity index (χ1v) is 4.86. The van der Waals surface area contributed by atoms with Crippen molar-refractivity contribution < 1.29 is 18.3 Å². The van der Waals surface area contributed by atoms with Crippen LogP contribution >= 0.6 is 0 Å². The van der Waals surface area contributed by atoms with Crippen LogP contribution < -0.4 is 0 Å². The Morgan fingerprint density at radius 2 is 2.14 bits per heavy atom. The van der Waals surface area contributed by atoms with Gasteiger partial charge in [0.2, 0.25) is 0 Å². The molecule has 0 aromatic heterocycles. The van der Waals surface area contributed by atoms with E-state index in [1.54, 1.807) is 11.8 Å².